The predicted molar refractivity (Wildman–Crippen MR) is 64.4 cm³/mol. The van der Waals surface area contributed by atoms with Gasteiger partial charge < -0.3 is 15.4 Å². The number of anilines is 1. The predicted octanol–water partition coefficient (Wildman–Crippen LogP) is 0.932. The van der Waals surface area contributed by atoms with Crippen molar-refractivity contribution in [3.05, 3.63) is 29.8 Å². The molecule has 1 unspecified atom stereocenters. The fourth-order valence-electron chi connectivity index (χ4n) is 1.41. The van der Waals surface area contributed by atoms with E-state index in [0.29, 0.717) is 0 Å². The first kappa shape index (κ1) is 12.7. The summed E-state index contributed by atoms with van der Waals surface area (Å²) in [6.07, 6.45) is -0.577. The van der Waals surface area contributed by atoms with Crippen LogP contribution in [0.15, 0.2) is 24.3 Å². The van der Waals surface area contributed by atoms with Crippen LogP contribution in [0.3, 0.4) is 0 Å². The van der Waals surface area contributed by atoms with Gasteiger partial charge in [0, 0.05) is 26.4 Å². The first-order valence-corrected chi connectivity index (χ1v) is 5.17. The van der Waals surface area contributed by atoms with E-state index in [1.54, 1.807) is 11.9 Å². The van der Waals surface area contributed by atoms with E-state index in [1.165, 1.54) is 7.11 Å². The number of nitrogens with zero attached hydrogens (tertiary/aromatic N) is 1. The van der Waals surface area contributed by atoms with E-state index >= 15 is 0 Å². The van der Waals surface area contributed by atoms with Crippen LogP contribution in [0.5, 0.6) is 0 Å². The van der Waals surface area contributed by atoms with Gasteiger partial charge in [0.15, 0.2) is 0 Å². The van der Waals surface area contributed by atoms with Crippen LogP contribution in [-0.4, -0.2) is 32.7 Å². The molecule has 1 aromatic carbocycles. The van der Waals surface area contributed by atoms with Gasteiger partial charge in [0.2, 0.25) is 0 Å². The number of ether oxygens (including phenoxy) is 1. The fraction of sp³-hybridized carbons (Fsp3) is 0.417. The molecule has 4 nitrogen and oxygen atoms in total. The van der Waals surface area contributed by atoms with Crippen molar-refractivity contribution in [2.45, 2.75) is 13.0 Å². The van der Waals surface area contributed by atoms with E-state index in [9.17, 15) is 4.79 Å². The van der Waals surface area contributed by atoms with Crippen LogP contribution in [0, 0.1) is 6.92 Å². The molecule has 0 radical (unpaired) electrons. The fourth-order valence-corrected chi connectivity index (χ4v) is 1.41. The molecule has 1 atom stereocenters. The maximum Gasteiger partial charge on any atom is 0.257 e. The lowest BCUT2D eigenvalue weighted by molar-refractivity contribution is -0.127. The van der Waals surface area contributed by atoms with Gasteiger partial charge >= 0.3 is 0 Å². The Morgan fingerprint density at radius 3 is 2.44 bits per heavy atom. The lowest BCUT2D eigenvalue weighted by Gasteiger charge is -2.22. The molecule has 1 amide bonds. The first-order chi connectivity index (χ1) is 7.60. The third-order valence-corrected chi connectivity index (χ3v) is 2.53. The summed E-state index contributed by atoms with van der Waals surface area (Å²) in [4.78, 5) is 13.5. The maximum absolute atomic E-state index is 11.9. The van der Waals surface area contributed by atoms with Crippen LogP contribution in [0.25, 0.3) is 0 Å². The smallest absolute Gasteiger partial charge is 0.257 e. The zero-order chi connectivity index (χ0) is 12.1. The third-order valence-electron chi connectivity index (χ3n) is 2.53. The zero-order valence-electron chi connectivity index (χ0n) is 9.93. The average molecular weight is 222 g/mol. The molecule has 1 aromatic rings. The third kappa shape index (κ3) is 2.81. The zero-order valence-corrected chi connectivity index (χ0v) is 9.93. The minimum absolute atomic E-state index is 0.131. The number of rotatable bonds is 4. The molecule has 0 heterocycles. The number of likely N-dealkylation sites (N-methyl/N-ethyl adjacent to an activating group) is 1. The quantitative estimate of drug-likeness (QED) is 0.824. The van der Waals surface area contributed by atoms with Crippen LogP contribution in [0.2, 0.25) is 0 Å². The summed E-state index contributed by atoms with van der Waals surface area (Å²) in [5.74, 6) is -0.131. The van der Waals surface area contributed by atoms with Crippen molar-refractivity contribution in [2.24, 2.45) is 5.73 Å². The Bertz CT molecular complexity index is 345. The molecule has 4 heteroatoms. The van der Waals surface area contributed by atoms with Crippen LogP contribution < -0.4 is 10.6 Å². The second-order valence-corrected chi connectivity index (χ2v) is 3.69. The summed E-state index contributed by atoms with van der Waals surface area (Å²) in [6, 6.07) is 7.72. The van der Waals surface area contributed by atoms with Crippen molar-refractivity contribution in [1.29, 1.82) is 0 Å². The topological polar surface area (TPSA) is 55.6 Å². The molecule has 1 rings (SSSR count). The Labute approximate surface area is 96.0 Å². The van der Waals surface area contributed by atoms with Gasteiger partial charge in [-0.2, -0.15) is 0 Å². The van der Waals surface area contributed by atoms with Gasteiger partial charge in [0.25, 0.3) is 5.91 Å². The number of hydrogen-bond acceptors (Lipinski definition) is 3. The lowest BCUT2D eigenvalue weighted by Crippen LogP contribution is -2.41. The standard InChI is InChI=1S/C12H18N2O2/c1-9-4-6-10(7-5-9)14(2)12(15)11(8-13)16-3/h4-7,11H,8,13H2,1-3H3. The molecule has 88 valence electrons. The molecular formula is C12H18N2O2. The van der Waals surface area contributed by atoms with Gasteiger partial charge in [-0.25, -0.2) is 0 Å². The van der Waals surface area contributed by atoms with Gasteiger partial charge in [-0.15, -0.1) is 0 Å². The van der Waals surface area contributed by atoms with Gasteiger partial charge in [0.1, 0.15) is 6.10 Å². The van der Waals surface area contributed by atoms with E-state index in [1.807, 2.05) is 31.2 Å². The SMILES string of the molecule is COC(CN)C(=O)N(C)c1ccc(C)cc1. The number of carbonyl (C=O) groups is 1. The van der Waals surface area contributed by atoms with Gasteiger partial charge in [0.05, 0.1) is 0 Å². The summed E-state index contributed by atoms with van der Waals surface area (Å²) >= 11 is 0. The van der Waals surface area contributed by atoms with Crippen molar-refractivity contribution in [3.63, 3.8) is 0 Å². The van der Waals surface area contributed by atoms with Gasteiger partial charge in [-0.05, 0) is 19.1 Å². The Hall–Kier alpha value is -1.39. The molecule has 0 saturated heterocycles. The van der Waals surface area contributed by atoms with E-state index in [2.05, 4.69) is 0 Å². The van der Waals surface area contributed by atoms with Crippen LogP contribution in [0.1, 0.15) is 5.56 Å². The van der Waals surface area contributed by atoms with E-state index in [4.69, 9.17) is 10.5 Å². The molecular weight excluding hydrogens is 204 g/mol. The highest BCUT2D eigenvalue weighted by atomic mass is 16.5. The van der Waals surface area contributed by atoms with Crippen molar-refractivity contribution in [1.82, 2.24) is 0 Å². The van der Waals surface area contributed by atoms with Crippen molar-refractivity contribution in [2.75, 3.05) is 25.6 Å². The molecule has 16 heavy (non-hydrogen) atoms. The second kappa shape index (κ2) is 5.63. The normalized spacial score (nSPS) is 12.2. The summed E-state index contributed by atoms with van der Waals surface area (Å²) in [5, 5.41) is 0. The molecule has 0 bridgehead atoms. The number of carbonyl (C=O) groups excluding carboxylic acids is 1. The summed E-state index contributed by atoms with van der Waals surface area (Å²) in [6.45, 7) is 2.19. The van der Waals surface area contributed by atoms with Crippen LogP contribution in [-0.2, 0) is 9.53 Å². The Kier molecular flexibility index (Phi) is 4.46. The number of nitrogens with two attached hydrogens (primary N) is 1. The number of benzene rings is 1. The number of hydrogen-bond donors (Lipinski definition) is 1. The van der Waals surface area contributed by atoms with Crippen LogP contribution >= 0.6 is 0 Å². The molecule has 0 aliphatic carbocycles. The van der Waals surface area contributed by atoms with Gasteiger partial charge in [-0.3, -0.25) is 4.79 Å². The summed E-state index contributed by atoms with van der Waals surface area (Å²) < 4.78 is 5.01. The summed E-state index contributed by atoms with van der Waals surface area (Å²) in [5.41, 5.74) is 7.45. The molecule has 2 N–H and O–H groups in total. The highest BCUT2D eigenvalue weighted by Gasteiger charge is 2.20. The largest absolute Gasteiger partial charge is 0.370 e. The lowest BCUT2D eigenvalue weighted by atomic mass is 10.2. The molecule has 0 saturated carbocycles. The molecule has 0 fully saturated rings. The molecule has 0 aliphatic heterocycles. The van der Waals surface area contributed by atoms with E-state index in [0.717, 1.165) is 11.3 Å². The van der Waals surface area contributed by atoms with E-state index < -0.39 is 6.10 Å². The van der Waals surface area contributed by atoms with Crippen molar-refractivity contribution < 1.29 is 9.53 Å². The number of methoxy groups -OCH3 is 1. The van der Waals surface area contributed by atoms with E-state index in [-0.39, 0.29) is 12.5 Å². The molecule has 0 spiro atoms. The highest BCUT2D eigenvalue weighted by Crippen LogP contribution is 2.14. The molecule has 0 aromatic heterocycles. The van der Waals surface area contributed by atoms with Crippen LogP contribution in [0.4, 0.5) is 5.69 Å². The second-order valence-electron chi connectivity index (χ2n) is 3.69. The maximum atomic E-state index is 11.9. The number of amides is 1. The van der Waals surface area contributed by atoms with Crippen molar-refractivity contribution >= 4 is 11.6 Å². The Morgan fingerprint density at radius 1 is 1.44 bits per heavy atom. The Balaban J connectivity index is 2.81. The monoisotopic (exact) mass is 222 g/mol. The van der Waals surface area contributed by atoms with Crippen molar-refractivity contribution in [3.8, 4) is 0 Å². The number of aryl methyl sites for hydroxylation is 1. The summed E-state index contributed by atoms with van der Waals surface area (Å²) in [7, 11) is 3.20. The molecule has 0 aliphatic rings. The minimum Gasteiger partial charge on any atom is -0.370 e. The first-order valence-electron chi connectivity index (χ1n) is 5.17. The Morgan fingerprint density at radius 2 is 2.00 bits per heavy atom. The van der Waals surface area contributed by atoms with Gasteiger partial charge in [-0.1, -0.05) is 17.7 Å². The highest BCUT2D eigenvalue weighted by molar-refractivity contribution is 5.96. The minimum atomic E-state index is -0.577. The average Bonchev–Trinajstić information content (AvgIpc) is 2.30.